The molecule has 1 amide bonds. The van der Waals surface area contributed by atoms with E-state index >= 15 is 0 Å². The normalized spacial score (nSPS) is 22.1. The quantitative estimate of drug-likeness (QED) is 0.442. The van der Waals surface area contributed by atoms with E-state index < -0.39 is 12.6 Å². The van der Waals surface area contributed by atoms with Crippen LogP contribution in [0.2, 0.25) is 0 Å². The molecular weight excluding hydrogens is 356 g/mol. The molecule has 0 aliphatic heterocycles. The van der Waals surface area contributed by atoms with Gasteiger partial charge in [0.15, 0.2) is 6.61 Å². The SMILES string of the molecule is CCOc1ccc(/C=C(\C#N)C(=O)OCC(=O)N[C@H]2CCC[C@@H](C)[C@@H]2C)cc1. The highest BCUT2D eigenvalue weighted by atomic mass is 16.5. The zero-order valence-electron chi connectivity index (χ0n) is 16.7. The summed E-state index contributed by atoms with van der Waals surface area (Å²) in [4.78, 5) is 24.3. The number of amides is 1. The van der Waals surface area contributed by atoms with Gasteiger partial charge < -0.3 is 14.8 Å². The van der Waals surface area contributed by atoms with Gasteiger partial charge in [-0.1, -0.05) is 38.8 Å². The van der Waals surface area contributed by atoms with Gasteiger partial charge in [0.25, 0.3) is 5.91 Å². The first-order valence-corrected chi connectivity index (χ1v) is 9.75. The van der Waals surface area contributed by atoms with Crippen LogP contribution < -0.4 is 10.1 Å². The lowest BCUT2D eigenvalue weighted by Crippen LogP contribution is -2.45. The number of ether oxygens (including phenoxy) is 2. The Labute approximate surface area is 166 Å². The van der Waals surface area contributed by atoms with E-state index in [4.69, 9.17) is 9.47 Å². The summed E-state index contributed by atoms with van der Waals surface area (Å²) in [5, 5.41) is 12.2. The lowest BCUT2D eigenvalue weighted by atomic mass is 9.78. The van der Waals surface area contributed by atoms with Crippen molar-refractivity contribution in [1.29, 1.82) is 5.26 Å². The number of nitrogens with one attached hydrogen (secondary N) is 1. The summed E-state index contributed by atoms with van der Waals surface area (Å²) in [5.74, 6) is 0.518. The third-order valence-electron chi connectivity index (χ3n) is 5.23. The van der Waals surface area contributed by atoms with Crippen LogP contribution in [0.25, 0.3) is 6.08 Å². The fraction of sp³-hybridized carbons (Fsp3) is 0.500. The van der Waals surface area contributed by atoms with Crippen molar-refractivity contribution < 1.29 is 19.1 Å². The smallest absolute Gasteiger partial charge is 0.349 e. The van der Waals surface area contributed by atoms with Crippen molar-refractivity contribution in [2.24, 2.45) is 11.8 Å². The van der Waals surface area contributed by atoms with E-state index in [1.807, 2.05) is 13.0 Å². The zero-order chi connectivity index (χ0) is 20.5. The van der Waals surface area contributed by atoms with Gasteiger partial charge in [0.2, 0.25) is 0 Å². The summed E-state index contributed by atoms with van der Waals surface area (Å²) in [5.41, 5.74) is 0.517. The second-order valence-corrected chi connectivity index (χ2v) is 7.19. The Balaban J connectivity index is 1.89. The topological polar surface area (TPSA) is 88.4 Å². The molecule has 1 aliphatic rings. The number of nitriles is 1. The largest absolute Gasteiger partial charge is 0.494 e. The molecule has 0 aromatic heterocycles. The molecule has 1 aliphatic carbocycles. The number of hydrogen-bond acceptors (Lipinski definition) is 5. The number of carbonyl (C=O) groups is 2. The minimum atomic E-state index is -0.809. The Morgan fingerprint density at radius 2 is 1.96 bits per heavy atom. The summed E-state index contributed by atoms with van der Waals surface area (Å²) < 4.78 is 10.4. The number of nitrogens with zero attached hydrogens (tertiary/aromatic N) is 1. The van der Waals surface area contributed by atoms with Crippen molar-refractivity contribution in [1.82, 2.24) is 5.32 Å². The van der Waals surface area contributed by atoms with Gasteiger partial charge in [0, 0.05) is 6.04 Å². The Morgan fingerprint density at radius 1 is 1.25 bits per heavy atom. The Morgan fingerprint density at radius 3 is 2.61 bits per heavy atom. The molecule has 0 bridgehead atoms. The zero-order valence-corrected chi connectivity index (χ0v) is 16.7. The molecule has 6 heteroatoms. The van der Waals surface area contributed by atoms with Crippen molar-refractivity contribution in [3.05, 3.63) is 35.4 Å². The third-order valence-corrected chi connectivity index (χ3v) is 5.23. The monoisotopic (exact) mass is 384 g/mol. The molecule has 0 unspecified atom stereocenters. The molecule has 0 saturated heterocycles. The van der Waals surface area contributed by atoms with Crippen molar-refractivity contribution in [2.75, 3.05) is 13.2 Å². The number of carbonyl (C=O) groups excluding carboxylic acids is 2. The van der Waals surface area contributed by atoms with Crippen LogP contribution in [0.3, 0.4) is 0 Å². The summed E-state index contributed by atoms with van der Waals surface area (Å²) >= 11 is 0. The summed E-state index contributed by atoms with van der Waals surface area (Å²) in [6, 6.07) is 8.94. The highest BCUT2D eigenvalue weighted by Gasteiger charge is 2.28. The van der Waals surface area contributed by atoms with Crippen LogP contribution in [0.15, 0.2) is 29.8 Å². The van der Waals surface area contributed by atoms with Crippen LogP contribution in [0.5, 0.6) is 5.75 Å². The molecule has 150 valence electrons. The average molecular weight is 384 g/mol. The first-order valence-electron chi connectivity index (χ1n) is 9.75. The fourth-order valence-corrected chi connectivity index (χ4v) is 3.37. The molecule has 3 atom stereocenters. The van der Waals surface area contributed by atoms with E-state index in [1.165, 1.54) is 12.5 Å². The summed E-state index contributed by atoms with van der Waals surface area (Å²) in [6.07, 6.45) is 4.62. The predicted octanol–water partition coefficient (Wildman–Crippen LogP) is 3.48. The maximum absolute atomic E-state index is 12.1. The van der Waals surface area contributed by atoms with Gasteiger partial charge >= 0.3 is 5.97 Å². The molecule has 1 N–H and O–H groups in total. The average Bonchev–Trinajstić information content (AvgIpc) is 2.69. The van der Waals surface area contributed by atoms with E-state index in [-0.39, 0.29) is 17.5 Å². The third kappa shape index (κ3) is 6.12. The molecular formula is C22H28N2O4. The molecule has 1 aromatic carbocycles. The van der Waals surface area contributed by atoms with Gasteiger partial charge in [-0.25, -0.2) is 4.79 Å². The number of rotatable bonds is 7. The summed E-state index contributed by atoms with van der Waals surface area (Å²) in [7, 11) is 0. The Bertz CT molecular complexity index is 749. The van der Waals surface area contributed by atoms with E-state index in [1.54, 1.807) is 24.3 Å². The Hall–Kier alpha value is -2.81. The number of benzene rings is 1. The van der Waals surface area contributed by atoms with E-state index in [9.17, 15) is 14.9 Å². The van der Waals surface area contributed by atoms with Crippen molar-refractivity contribution >= 4 is 18.0 Å². The minimum Gasteiger partial charge on any atom is -0.494 e. The highest BCUT2D eigenvalue weighted by molar-refractivity contribution is 5.98. The maximum Gasteiger partial charge on any atom is 0.349 e. The molecule has 0 heterocycles. The van der Waals surface area contributed by atoms with Crippen LogP contribution >= 0.6 is 0 Å². The van der Waals surface area contributed by atoms with E-state index in [2.05, 4.69) is 19.2 Å². The molecule has 6 nitrogen and oxygen atoms in total. The standard InChI is InChI=1S/C22H28N2O4/c1-4-27-19-10-8-17(9-11-19)12-18(13-23)22(26)28-14-21(25)24-20-7-5-6-15(2)16(20)3/h8-12,15-16,20H,4-7,14H2,1-3H3,(H,24,25)/b18-12+/t15-,16+,20+/m1/s1. The highest BCUT2D eigenvalue weighted by Crippen LogP contribution is 2.29. The van der Waals surface area contributed by atoms with Crippen molar-refractivity contribution in [3.8, 4) is 11.8 Å². The number of hydrogen-bond donors (Lipinski definition) is 1. The van der Waals surface area contributed by atoms with Gasteiger partial charge in [-0.2, -0.15) is 5.26 Å². The second-order valence-electron chi connectivity index (χ2n) is 7.19. The lowest BCUT2D eigenvalue weighted by molar-refractivity contribution is -0.144. The fourth-order valence-electron chi connectivity index (χ4n) is 3.37. The van der Waals surface area contributed by atoms with Gasteiger partial charge in [-0.05, 0) is 49.0 Å². The van der Waals surface area contributed by atoms with Crippen LogP contribution in [0, 0.1) is 23.2 Å². The molecule has 28 heavy (non-hydrogen) atoms. The van der Waals surface area contributed by atoms with Gasteiger partial charge in [-0.3, -0.25) is 4.79 Å². The van der Waals surface area contributed by atoms with Crippen LogP contribution in [-0.2, 0) is 14.3 Å². The van der Waals surface area contributed by atoms with Crippen LogP contribution in [0.1, 0.15) is 45.6 Å². The number of esters is 1. The maximum atomic E-state index is 12.1. The van der Waals surface area contributed by atoms with Crippen molar-refractivity contribution in [3.63, 3.8) is 0 Å². The van der Waals surface area contributed by atoms with Crippen LogP contribution in [0.4, 0.5) is 0 Å². The minimum absolute atomic E-state index is 0.102. The van der Waals surface area contributed by atoms with Crippen LogP contribution in [-0.4, -0.2) is 31.1 Å². The first-order chi connectivity index (χ1) is 13.4. The molecule has 1 saturated carbocycles. The van der Waals surface area contributed by atoms with Gasteiger partial charge in [-0.15, -0.1) is 0 Å². The lowest BCUT2D eigenvalue weighted by Gasteiger charge is -2.34. The molecule has 1 fully saturated rings. The van der Waals surface area contributed by atoms with Gasteiger partial charge in [0.05, 0.1) is 6.61 Å². The van der Waals surface area contributed by atoms with E-state index in [0.717, 1.165) is 12.8 Å². The molecule has 0 radical (unpaired) electrons. The molecule has 0 spiro atoms. The second kappa shape index (κ2) is 10.5. The molecule has 1 aromatic rings. The predicted molar refractivity (Wildman–Crippen MR) is 106 cm³/mol. The van der Waals surface area contributed by atoms with Crippen molar-refractivity contribution in [2.45, 2.75) is 46.1 Å². The first kappa shape index (κ1) is 21.5. The molecule has 2 rings (SSSR count). The van der Waals surface area contributed by atoms with Gasteiger partial charge in [0.1, 0.15) is 17.4 Å². The van der Waals surface area contributed by atoms with E-state index in [0.29, 0.717) is 29.8 Å². The Kier molecular flexibility index (Phi) is 8.06. The summed E-state index contributed by atoms with van der Waals surface area (Å²) in [6.45, 7) is 6.38.